The smallest absolute Gasteiger partial charge is 0 e. The van der Waals surface area contributed by atoms with Crippen LogP contribution in [0.25, 0.3) is 5.32 Å². The molecule has 0 N–H and O–H groups in total. The SMILES string of the molecule is CCN=C([N-]CC)C(C)CC.[Sc]. The molecule has 1 unspecified atom stereocenters. The number of nitrogens with zero attached hydrogens (tertiary/aromatic N) is 2. The van der Waals surface area contributed by atoms with Crippen LogP contribution in [0.4, 0.5) is 0 Å². The molecule has 2 nitrogen and oxygen atoms in total. The van der Waals surface area contributed by atoms with Crippen LogP contribution in [0.3, 0.4) is 0 Å². The molecule has 1 radical (unpaired) electrons. The third kappa shape index (κ3) is 5.92. The summed E-state index contributed by atoms with van der Waals surface area (Å²) in [5, 5.41) is 4.33. The third-order valence-corrected chi connectivity index (χ3v) is 1.69. The molecular formula is C9H19N2Sc-. The van der Waals surface area contributed by atoms with Crippen molar-refractivity contribution in [1.82, 2.24) is 0 Å². The molecule has 0 fully saturated rings. The fourth-order valence-corrected chi connectivity index (χ4v) is 0.868. The Hall–Kier alpha value is 0.340. The van der Waals surface area contributed by atoms with Crippen LogP contribution >= 0.6 is 0 Å². The zero-order valence-corrected chi connectivity index (χ0v) is 10.5. The molecule has 0 bridgehead atoms. The Balaban J connectivity index is 0. The van der Waals surface area contributed by atoms with E-state index in [0.29, 0.717) is 5.92 Å². The van der Waals surface area contributed by atoms with E-state index in [-0.39, 0.29) is 25.8 Å². The van der Waals surface area contributed by atoms with Gasteiger partial charge >= 0.3 is 0 Å². The summed E-state index contributed by atoms with van der Waals surface area (Å²) in [6.45, 7) is 10.1. The van der Waals surface area contributed by atoms with Crippen LogP contribution in [-0.4, -0.2) is 18.9 Å². The molecule has 0 aliphatic carbocycles. The van der Waals surface area contributed by atoms with Gasteiger partial charge in [0.25, 0.3) is 0 Å². The van der Waals surface area contributed by atoms with Gasteiger partial charge < -0.3 is 10.3 Å². The van der Waals surface area contributed by atoms with Gasteiger partial charge in [0.05, 0.1) is 0 Å². The van der Waals surface area contributed by atoms with Crippen molar-refractivity contribution < 1.29 is 25.8 Å². The van der Waals surface area contributed by atoms with Crippen LogP contribution < -0.4 is 0 Å². The van der Waals surface area contributed by atoms with E-state index in [9.17, 15) is 0 Å². The first-order chi connectivity index (χ1) is 5.26. The van der Waals surface area contributed by atoms with Crippen molar-refractivity contribution >= 4 is 5.84 Å². The topological polar surface area (TPSA) is 26.5 Å². The molecule has 0 amide bonds. The van der Waals surface area contributed by atoms with Crippen LogP contribution in [0.15, 0.2) is 4.99 Å². The molecule has 0 aromatic carbocycles. The Kier molecular flexibility index (Phi) is 11.7. The molecule has 0 aromatic rings. The van der Waals surface area contributed by atoms with Crippen molar-refractivity contribution in [3.63, 3.8) is 0 Å². The van der Waals surface area contributed by atoms with Gasteiger partial charge in [-0.25, -0.2) is 0 Å². The van der Waals surface area contributed by atoms with Crippen molar-refractivity contribution in [2.75, 3.05) is 13.1 Å². The van der Waals surface area contributed by atoms with Crippen LogP contribution in [0.1, 0.15) is 34.1 Å². The van der Waals surface area contributed by atoms with E-state index in [1.165, 1.54) is 0 Å². The first kappa shape index (κ1) is 14.8. The first-order valence-corrected chi connectivity index (χ1v) is 4.48. The van der Waals surface area contributed by atoms with E-state index >= 15 is 0 Å². The number of rotatable bonds is 4. The summed E-state index contributed by atoms with van der Waals surface area (Å²) in [7, 11) is 0. The van der Waals surface area contributed by atoms with Crippen LogP contribution in [0.5, 0.6) is 0 Å². The molecule has 0 saturated carbocycles. The van der Waals surface area contributed by atoms with Gasteiger partial charge in [0.2, 0.25) is 0 Å². The van der Waals surface area contributed by atoms with Gasteiger partial charge in [0.1, 0.15) is 0 Å². The number of hydrogen-bond donors (Lipinski definition) is 0. The minimum Gasteiger partial charge on any atom is -0.469 e. The van der Waals surface area contributed by atoms with E-state index in [1.54, 1.807) is 0 Å². The van der Waals surface area contributed by atoms with E-state index < -0.39 is 0 Å². The summed E-state index contributed by atoms with van der Waals surface area (Å²) < 4.78 is 0. The molecule has 69 valence electrons. The van der Waals surface area contributed by atoms with Gasteiger partial charge in [-0.1, -0.05) is 53.0 Å². The van der Waals surface area contributed by atoms with Crippen molar-refractivity contribution in [2.24, 2.45) is 10.9 Å². The molecule has 0 rings (SSSR count). The molecule has 0 saturated heterocycles. The molecule has 0 aliphatic heterocycles. The van der Waals surface area contributed by atoms with Crippen molar-refractivity contribution in [1.29, 1.82) is 0 Å². The molecule has 0 aliphatic rings. The number of hydrogen-bond acceptors (Lipinski definition) is 1. The van der Waals surface area contributed by atoms with Crippen LogP contribution in [-0.2, 0) is 25.8 Å². The van der Waals surface area contributed by atoms with E-state index in [1.807, 2.05) is 13.8 Å². The maximum Gasteiger partial charge on any atom is 0 e. The quantitative estimate of drug-likeness (QED) is 0.493. The summed E-state index contributed by atoms with van der Waals surface area (Å²) >= 11 is 0. The first-order valence-electron chi connectivity index (χ1n) is 4.48. The fourth-order valence-electron chi connectivity index (χ4n) is 0.868. The average molecular weight is 200 g/mol. The van der Waals surface area contributed by atoms with Gasteiger partial charge in [-0.2, -0.15) is 0 Å². The monoisotopic (exact) mass is 200 g/mol. The van der Waals surface area contributed by atoms with E-state index in [4.69, 9.17) is 0 Å². The summed E-state index contributed by atoms with van der Waals surface area (Å²) in [5.74, 6) is 1.56. The molecule has 12 heavy (non-hydrogen) atoms. The average Bonchev–Trinajstić information content (AvgIpc) is 2.03. The molecule has 1 atom stereocenters. The van der Waals surface area contributed by atoms with E-state index in [0.717, 1.165) is 25.3 Å². The largest absolute Gasteiger partial charge is 0.469 e. The summed E-state index contributed by atoms with van der Waals surface area (Å²) in [5.41, 5.74) is 0. The van der Waals surface area contributed by atoms with Gasteiger partial charge in [-0.05, 0) is 5.92 Å². The van der Waals surface area contributed by atoms with Crippen molar-refractivity contribution in [3.8, 4) is 0 Å². The Labute approximate surface area is 95.0 Å². The van der Waals surface area contributed by atoms with Gasteiger partial charge in [-0.3, -0.25) is 0 Å². The fraction of sp³-hybridized carbons (Fsp3) is 0.889. The van der Waals surface area contributed by atoms with Crippen molar-refractivity contribution in [2.45, 2.75) is 34.1 Å². The van der Waals surface area contributed by atoms with E-state index in [2.05, 4.69) is 24.2 Å². The van der Waals surface area contributed by atoms with Crippen LogP contribution in [0.2, 0.25) is 0 Å². The third-order valence-electron chi connectivity index (χ3n) is 1.69. The predicted octanol–water partition coefficient (Wildman–Crippen LogP) is 2.84. The number of aliphatic imine (C=N–C) groups is 1. The van der Waals surface area contributed by atoms with Gasteiger partial charge in [-0.15, -0.1) is 0 Å². The molecule has 3 heteroatoms. The normalized spacial score (nSPS) is 13.5. The van der Waals surface area contributed by atoms with Gasteiger partial charge in [0, 0.05) is 25.8 Å². The summed E-state index contributed by atoms with van der Waals surface area (Å²) in [6.07, 6.45) is 1.13. The predicted molar refractivity (Wildman–Crippen MR) is 51.3 cm³/mol. The maximum atomic E-state index is 4.33. The molecule has 0 heterocycles. The zero-order chi connectivity index (χ0) is 8.69. The number of amidine groups is 1. The molecule has 0 spiro atoms. The Bertz CT molecular complexity index is 124. The molecule has 0 aromatic heterocycles. The Morgan fingerprint density at radius 3 is 2.25 bits per heavy atom. The van der Waals surface area contributed by atoms with Crippen molar-refractivity contribution in [3.05, 3.63) is 5.32 Å². The second-order valence-corrected chi connectivity index (χ2v) is 2.62. The Morgan fingerprint density at radius 1 is 1.33 bits per heavy atom. The van der Waals surface area contributed by atoms with Gasteiger partial charge in [0.15, 0.2) is 0 Å². The van der Waals surface area contributed by atoms with Crippen LogP contribution in [0, 0.1) is 5.92 Å². The summed E-state index contributed by atoms with van der Waals surface area (Å²) in [6, 6.07) is 0. The minimum absolute atomic E-state index is 0. The second-order valence-electron chi connectivity index (χ2n) is 2.62. The standard InChI is InChI=1S/C9H19N2.Sc/c1-5-8(4)9(10-6-2)11-7-3;/h8H,5-7H2,1-4H3;/q-1;. The maximum absolute atomic E-state index is 4.33. The second kappa shape index (κ2) is 9.43. The minimum atomic E-state index is 0. The zero-order valence-electron chi connectivity index (χ0n) is 8.67. The Morgan fingerprint density at radius 2 is 1.92 bits per heavy atom. The summed E-state index contributed by atoms with van der Waals surface area (Å²) in [4.78, 5) is 4.33. The molecular weight excluding hydrogens is 181 g/mol.